The van der Waals surface area contributed by atoms with E-state index in [0.717, 1.165) is 18.3 Å². The summed E-state index contributed by atoms with van der Waals surface area (Å²) in [7, 11) is 0. The number of nitrogens with two attached hydrogens (primary N) is 1. The average molecular weight is 245 g/mol. The Labute approximate surface area is 112 Å². The van der Waals surface area contributed by atoms with Crippen LogP contribution in [0, 0.1) is 25.7 Å². The minimum Gasteiger partial charge on any atom is -0.325 e. The normalized spacial score (nSPS) is 32.5. The number of hydrogen-bond acceptors (Lipinski definition) is 1. The Morgan fingerprint density at radius 3 is 2.61 bits per heavy atom. The molecule has 0 saturated heterocycles. The first-order chi connectivity index (χ1) is 8.39. The van der Waals surface area contributed by atoms with Gasteiger partial charge in [-0.2, -0.15) is 0 Å². The molecule has 0 spiro atoms. The number of benzene rings is 1. The molecule has 0 heterocycles. The molecule has 1 aliphatic rings. The summed E-state index contributed by atoms with van der Waals surface area (Å²) in [5.41, 5.74) is 10.9. The third kappa shape index (κ3) is 2.95. The highest BCUT2D eigenvalue weighted by Crippen LogP contribution is 2.37. The van der Waals surface area contributed by atoms with E-state index in [4.69, 9.17) is 5.73 Å². The first-order valence-corrected chi connectivity index (χ1v) is 7.25. The van der Waals surface area contributed by atoms with E-state index in [1.54, 1.807) is 0 Å². The zero-order valence-electron chi connectivity index (χ0n) is 12.3. The molecule has 2 N–H and O–H groups in total. The van der Waals surface area contributed by atoms with Crippen molar-refractivity contribution in [2.75, 3.05) is 0 Å². The van der Waals surface area contributed by atoms with Gasteiger partial charge in [0.1, 0.15) is 0 Å². The molecule has 1 aliphatic carbocycles. The molecule has 1 saturated carbocycles. The molecule has 1 heteroatoms. The fourth-order valence-corrected chi connectivity index (χ4v) is 3.27. The van der Waals surface area contributed by atoms with Gasteiger partial charge in [-0.3, -0.25) is 0 Å². The maximum Gasteiger partial charge on any atom is 0.0197 e. The first-order valence-electron chi connectivity index (χ1n) is 7.25. The van der Waals surface area contributed by atoms with Crippen LogP contribution >= 0.6 is 0 Å². The fourth-order valence-electron chi connectivity index (χ4n) is 3.27. The highest BCUT2D eigenvalue weighted by molar-refractivity contribution is 5.32. The Balaban J connectivity index is 2.15. The minimum absolute atomic E-state index is 0.0183. The van der Waals surface area contributed by atoms with Crippen molar-refractivity contribution in [3.8, 4) is 0 Å². The minimum atomic E-state index is 0.0183. The van der Waals surface area contributed by atoms with Gasteiger partial charge >= 0.3 is 0 Å². The summed E-state index contributed by atoms with van der Waals surface area (Å²) in [6.07, 6.45) is 4.66. The molecule has 1 aromatic carbocycles. The zero-order chi connectivity index (χ0) is 13.3. The molecule has 1 fully saturated rings. The molecule has 1 aromatic rings. The van der Waals surface area contributed by atoms with Crippen LogP contribution in [-0.4, -0.2) is 5.54 Å². The van der Waals surface area contributed by atoms with Gasteiger partial charge in [0, 0.05) is 5.54 Å². The zero-order valence-corrected chi connectivity index (χ0v) is 12.3. The Kier molecular flexibility index (Phi) is 3.82. The fraction of sp³-hybridized carbons (Fsp3) is 0.647. The van der Waals surface area contributed by atoms with Crippen molar-refractivity contribution in [2.24, 2.45) is 17.6 Å². The van der Waals surface area contributed by atoms with E-state index in [1.165, 1.54) is 36.0 Å². The van der Waals surface area contributed by atoms with Gasteiger partial charge in [0.2, 0.25) is 0 Å². The van der Waals surface area contributed by atoms with Crippen molar-refractivity contribution in [2.45, 2.75) is 58.9 Å². The van der Waals surface area contributed by atoms with Crippen LogP contribution in [-0.2, 0) is 6.42 Å². The van der Waals surface area contributed by atoms with Crippen molar-refractivity contribution in [3.05, 3.63) is 34.9 Å². The molecule has 0 aliphatic heterocycles. The highest BCUT2D eigenvalue weighted by atomic mass is 14.7. The lowest BCUT2D eigenvalue weighted by Crippen LogP contribution is -2.47. The summed E-state index contributed by atoms with van der Waals surface area (Å²) in [6, 6.07) is 6.73. The monoisotopic (exact) mass is 245 g/mol. The Morgan fingerprint density at radius 2 is 1.94 bits per heavy atom. The van der Waals surface area contributed by atoms with Gasteiger partial charge in [-0.25, -0.2) is 0 Å². The quantitative estimate of drug-likeness (QED) is 0.837. The van der Waals surface area contributed by atoms with Crippen LogP contribution in [0.4, 0.5) is 0 Å². The van der Waals surface area contributed by atoms with E-state index in [-0.39, 0.29) is 5.54 Å². The van der Waals surface area contributed by atoms with Gasteiger partial charge in [-0.15, -0.1) is 0 Å². The third-order valence-electron chi connectivity index (χ3n) is 4.84. The lowest BCUT2D eigenvalue weighted by Gasteiger charge is -2.40. The maximum absolute atomic E-state index is 6.66. The van der Waals surface area contributed by atoms with Crippen LogP contribution in [0.5, 0.6) is 0 Å². The standard InChI is InChI=1S/C17H27N/c1-12-5-6-14(3)16(9-12)11-17(18)8-7-13(2)15(4)10-17/h5-6,9,13,15H,7-8,10-11,18H2,1-4H3. The molecule has 2 rings (SSSR count). The lowest BCUT2D eigenvalue weighted by molar-refractivity contribution is 0.175. The molecule has 0 amide bonds. The Hall–Kier alpha value is -0.820. The third-order valence-corrected chi connectivity index (χ3v) is 4.84. The molecular weight excluding hydrogens is 218 g/mol. The van der Waals surface area contributed by atoms with Gasteiger partial charge in [-0.1, -0.05) is 37.6 Å². The molecule has 3 atom stereocenters. The summed E-state index contributed by atoms with van der Waals surface area (Å²) in [4.78, 5) is 0. The maximum atomic E-state index is 6.66. The summed E-state index contributed by atoms with van der Waals surface area (Å²) in [5, 5.41) is 0. The van der Waals surface area contributed by atoms with Gasteiger partial charge in [0.05, 0.1) is 0 Å². The first kappa shape index (κ1) is 13.6. The van der Waals surface area contributed by atoms with Gasteiger partial charge in [-0.05, 0) is 62.5 Å². The molecule has 0 radical (unpaired) electrons. The number of aryl methyl sites for hydroxylation is 2. The van der Waals surface area contributed by atoms with Gasteiger partial charge in [0.15, 0.2) is 0 Å². The van der Waals surface area contributed by atoms with Crippen LogP contribution < -0.4 is 5.73 Å². The highest BCUT2D eigenvalue weighted by Gasteiger charge is 2.34. The molecule has 3 unspecified atom stereocenters. The summed E-state index contributed by atoms with van der Waals surface area (Å²) >= 11 is 0. The van der Waals surface area contributed by atoms with Crippen molar-refractivity contribution in [1.29, 1.82) is 0 Å². The topological polar surface area (TPSA) is 26.0 Å². The second-order valence-corrected chi connectivity index (χ2v) is 6.67. The summed E-state index contributed by atoms with van der Waals surface area (Å²) < 4.78 is 0. The smallest absolute Gasteiger partial charge is 0.0197 e. The largest absolute Gasteiger partial charge is 0.325 e. The molecular formula is C17H27N. The molecule has 100 valence electrons. The second-order valence-electron chi connectivity index (χ2n) is 6.67. The van der Waals surface area contributed by atoms with E-state index in [2.05, 4.69) is 45.9 Å². The SMILES string of the molecule is Cc1ccc(C)c(CC2(N)CCC(C)C(C)C2)c1. The van der Waals surface area contributed by atoms with Crippen LogP contribution in [0.2, 0.25) is 0 Å². The van der Waals surface area contributed by atoms with Crippen LogP contribution in [0.3, 0.4) is 0 Å². The van der Waals surface area contributed by atoms with E-state index in [1.807, 2.05) is 0 Å². The molecule has 1 nitrogen and oxygen atoms in total. The van der Waals surface area contributed by atoms with Crippen LogP contribution in [0.1, 0.15) is 49.8 Å². The average Bonchev–Trinajstić information content (AvgIpc) is 2.29. The van der Waals surface area contributed by atoms with E-state index in [9.17, 15) is 0 Å². The predicted octanol–water partition coefficient (Wildman–Crippen LogP) is 4.00. The van der Waals surface area contributed by atoms with Gasteiger partial charge < -0.3 is 5.73 Å². The second kappa shape index (κ2) is 5.05. The van der Waals surface area contributed by atoms with E-state index >= 15 is 0 Å². The predicted molar refractivity (Wildman–Crippen MR) is 78.7 cm³/mol. The number of rotatable bonds is 2. The molecule has 18 heavy (non-hydrogen) atoms. The Morgan fingerprint density at radius 1 is 1.22 bits per heavy atom. The molecule has 0 aromatic heterocycles. The summed E-state index contributed by atoms with van der Waals surface area (Å²) in [5.74, 6) is 1.59. The van der Waals surface area contributed by atoms with Crippen molar-refractivity contribution in [3.63, 3.8) is 0 Å². The van der Waals surface area contributed by atoms with Crippen molar-refractivity contribution < 1.29 is 0 Å². The lowest BCUT2D eigenvalue weighted by atomic mass is 9.69. The van der Waals surface area contributed by atoms with Gasteiger partial charge in [0.25, 0.3) is 0 Å². The summed E-state index contributed by atoms with van der Waals surface area (Å²) in [6.45, 7) is 9.08. The molecule has 0 bridgehead atoms. The Bertz CT molecular complexity index is 424. The van der Waals surface area contributed by atoms with Crippen LogP contribution in [0.25, 0.3) is 0 Å². The van der Waals surface area contributed by atoms with Crippen molar-refractivity contribution in [1.82, 2.24) is 0 Å². The van der Waals surface area contributed by atoms with E-state index in [0.29, 0.717) is 0 Å². The number of hydrogen-bond donors (Lipinski definition) is 1. The van der Waals surface area contributed by atoms with Crippen LogP contribution in [0.15, 0.2) is 18.2 Å². The van der Waals surface area contributed by atoms with Crippen molar-refractivity contribution >= 4 is 0 Å². The van der Waals surface area contributed by atoms with E-state index < -0.39 is 0 Å².